The summed E-state index contributed by atoms with van der Waals surface area (Å²) >= 11 is 6.40. The van der Waals surface area contributed by atoms with Gasteiger partial charge in [0, 0.05) is 25.5 Å². The van der Waals surface area contributed by atoms with E-state index < -0.39 is 15.9 Å². The third-order valence-corrected chi connectivity index (χ3v) is 6.66. The van der Waals surface area contributed by atoms with Crippen molar-refractivity contribution >= 4 is 67.6 Å². The van der Waals surface area contributed by atoms with Crippen molar-refractivity contribution in [3.63, 3.8) is 0 Å². The van der Waals surface area contributed by atoms with Crippen LogP contribution < -0.4 is 15.4 Å². The van der Waals surface area contributed by atoms with Crippen LogP contribution in [0.4, 0.5) is 11.4 Å². The molecule has 1 saturated heterocycles. The van der Waals surface area contributed by atoms with Gasteiger partial charge in [0.05, 0.1) is 9.80 Å². The van der Waals surface area contributed by atoms with Crippen LogP contribution in [0.25, 0.3) is 6.08 Å². The summed E-state index contributed by atoms with van der Waals surface area (Å²) in [5.41, 5.74) is 2.27. The molecule has 1 aliphatic rings. The van der Waals surface area contributed by atoms with Crippen LogP contribution in [0.1, 0.15) is 5.56 Å². The fourth-order valence-electron chi connectivity index (χ4n) is 2.73. The summed E-state index contributed by atoms with van der Waals surface area (Å²) in [4.78, 5) is 28.7. The monoisotopic (exact) mass is 476 g/mol. The normalized spacial score (nSPS) is 15.5. The zero-order valence-electron chi connectivity index (χ0n) is 16.7. The van der Waals surface area contributed by atoms with Crippen molar-refractivity contribution in [3.8, 4) is 0 Å². The highest BCUT2D eigenvalue weighted by molar-refractivity contribution is 8.26. The Morgan fingerprint density at radius 3 is 2.32 bits per heavy atom. The van der Waals surface area contributed by atoms with Crippen molar-refractivity contribution in [3.05, 3.63) is 59.0 Å². The van der Waals surface area contributed by atoms with Crippen molar-refractivity contribution in [1.29, 1.82) is 0 Å². The van der Waals surface area contributed by atoms with E-state index in [2.05, 4.69) is 5.32 Å². The maximum atomic E-state index is 12.7. The van der Waals surface area contributed by atoms with Gasteiger partial charge in [0.2, 0.25) is 15.9 Å². The summed E-state index contributed by atoms with van der Waals surface area (Å²) < 4.78 is 22.9. The molecule has 0 saturated carbocycles. The number of nitrogens with two attached hydrogens (primary N) is 1. The van der Waals surface area contributed by atoms with Crippen LogP contribution in [0.3, 0.4) is 0 Å². The van der Waals surface area contributed by atoms with Gasteiger partial charge >= 0.3 is 0 Å². The smallest absolute Gasteiger partial charge is 0.266 e. The molecular formula is C20H20N4O4S3. The number of primary sulfonamides is 1. The number of hydrogen-bond donors (Lipinski definition) is 2. The first-order valence-electron chi connectivity index (χ1n) is 9.00. The Hall–Kier alpha value is -2.73. The molecule has 0 aromatic heterocycles. The first-order chi connectivity index (χ1) is 14.5. The van der Waals surface area contributed by atoms with Gasteiger partial charge in [0.1, 0.15) is 10.9 Å². The standard InChI is InChI=1S/C20H20N4O4S3/c1-23(2)15-7-3-13(4-8-15)11-17-19(26)24(20(29)30-17)12-18(25)22-14-5-9-16(10-6-14)31(21,27)28/h3-11H,12H2,1-2H3,(H,22,25)(H2,21,27,28)/b17-11-. The second-order valence-corrected chi connectivity index (χ2v) is 10.1. The van der Waals surface area contributed by atoms with Gasteiger partial charge in [-0.25, -0.2) is 13.6 Å². The highest BCUT2D eigenvalue weighted by Gasteiger charge is 2.33. The summed E-state index contributed by atoms with van der Waals surface area (Å²) in [5.74, 6) is -0.803. The second-order valence-electron chi connectivity index (χ2n) is 6.87. The van der Waals surface area contributed by atoms with Crippen LogP contribution in [0.15, 0.2) is 58.3 Å². The molecule has 0 bridgehead atoms. The molecule has 0 aliphatic carbocycles. The van der Waals surface area contributed by atoms with Crippen LogP contribution in [-0.2, 0) is 19.6 Å². The molecule has 0 unspecified atom stereocenters. The van der Waals surface area contributed by atoms with Gasteiger partial charge in [-0.05, 0) is 48.0 Å². The van der Waals surface area contributed by atoms with E-state index in [1.165, 1.54) is 29.2 Å². The first-order valence-corrected chi connectivity index (χ1v) is 11.8. The fraction of sp³-hybridized carbons (Fsp3) is 0.150. The van der Waals surface area contributed by atoms with E-state index in [-0.39, 0.29) is 17.3 Å². The summed E-state index contributed by atoms with van der Waals surface area (Å²) in [7, 11) is 0.0741. The predicted molar refractivity (Wildman–Crippen MR) is 127 cm³/mol. The van der Waals surface area contributed by atoms with Crippen LogP contribution >= 0.6 is 24.0 Å². The van der Waals surface area contributed by atoms with Crippen molar-refractivity contribution in [2.45, 2.75) is 4.90 Å². The average Bonchev–Trinajstić information content (AvgIpc) is 2.95. The number of benzene rings is 2. The minimum absolute atomic E-state index is 0.0637. The first kappa shape index (κ1) is 22.9. The highest BCUT2D eigenvalue weighted by Crippen LogP contribution is 2.32. The van der Waals surface area contributed by atoms with Crippen molar-refractivity contribution in [2.24, 2.45) is 5.14 Å². The van der Waals surface area contributed by atoms with Crippen LogP contribution in [0.5, 0.6) is 0 Å². The van der Waals surface area contributed by atoms with Gasteiger partial charge in [-0.2, -0.15) is 0 Å². The molecule has 3 N–H and O–H groups in total. The third kappa shape index (κ3) is 5.70. The number of anilines is 2. The molecule has 31 heavy (non-hydrogen) atoms. The van der Waals surface area contributed by atoms with E-state index in [1.54, 1.807) is 6.08 Å². The van der Waals surface area contributed by atoms with E-state index in [0.717, 1.165) is 23.0 Å². The lowest BCUT2D eigenvalue weighted by molar-refractivity contribution is -0.126. The van der Waals surface area contributed by atoms with Crippen LogP contribution in [0, 0.1) is 0 Å². The molecule has 0 radical (unpaired) electrons. The Kier molecular flexibility index (Phi) is 6.80. The van der Waals surface area contributed by atoms with E-state index in [0.29, 0.717) is 14.9 Å². The molecule has 1 fully saturated rings. The molecule has 11 heteroatoms. The van der Waals surface area contributed by atoms with Gasteiger partial charge in [-0.15, -0.1) is 0 Å². The van der Waals surface area contributed by atoms with E-state index in [1.807, 2.05) is 43.3 Å². The van der Waals surface area contributed by atoms with Gasteiger partial charge in [-0.3, -0.25) is 14.5 Å². The van der Waals surface area contributed by atoms with E-state index in [9.17, 15) is 18.0 Å². The lowest BCUT2D eigenvalue weighted by atomic mass is 10.2. The Labute approximate surface area is 190 Å². The highest BCUT2D eigenvalue weighted by atomic mass is 32.2. The molecule has 162 valence electrons. The van der Waals surface area contributed by atoms with Gasteiger partial charge in [0.15, 0.2) is 0 Å². The lowest BCUT2D eigenvalue weighted by Crippen LogP contribution is -2.36. The fourth-order valence-corrected chi connectivity index (χ4v) is 4.50. The summed E-state index contributed by atoms with van der Waals surface area (Å²) in [6.07, 6.45) is 1.74. The van der Waals surface area contributed by atoms with E-state index >= 15 is 0 Å². The third-order valence-electron chi connectivity index (χ3n) is 4.35. The summed E-state index contributed by atoms with van der Waals surface area (Å²) in [6, 6.07) is 13.1. The summed E-state index contributed by atoms with van der Waals surface area (Å²) in [6.45, 7) is -0.251. The minimum atomic E-state index is -3.81. The van der Waals surface area contributed by atoms with Gasteiger partial charge in [0.25, 0.3) is 5.91 Å². The van der Waals surface area contributed by atoms with Crippen LogP contribution in [-0.4, -0.2) is 50.1 Å². The van der Waals surface area contributed by atoms with Crippen molar-refractivity contribution in [2.75, 3.05) is 30.9 Å². The number of thiocarbonyl (C=S) groups is 1. The van der Waals surface area contributed by atoms with Gasteiger partial charge in [-0.1, -0.05) is 36.1 Å². The van der Waals surface area contributed by atoms with E-state index in [4.69, 9.17) is 17.4 Å². The zero-order chi connectivity index (χ0) is 22.8. The minimum Gasteiger partial charge on any atom is -0.378 e. The maximum absolute atomic E-state index is 12.7. The number of rotatable bonds is 6. The number of amides is 2. The van der Waals surface area contributed by atoms with Gasteiger partial charge < -0.3 is 10.2 Å². The van der Waals surface area contributed by atoms with Crippen LogP contribution in [0.2, 0.25) is 0 Å². The number of thioether (sulfide) groups is 1. The molecule has 2 aromatic carbocycles. The zero-order valence-corrected chi connectivity index (χ0v) is 19.2. The largest absolute Gasteiger partial charge is 0.378 e. The maximum Gasteiger partial charge on any atom is 0.266 e. The quantitative estimate of drug-likeness (QED) is 0.486. The molecule has 3 rings (SSSR count). The molecule has 2 amide bonds. The molecule has 0 spiro atoms. The number of sulfonamides is 1. The Bertz CT molecular complexity index is 1160. The molecule has 1 heterocycles. The predicted octanol–water partition coefficient (Wildman–Crippen LogP) is 2.24. The molecule has 0 atom stereocenters. The number of carbonyl (C=O) groups excluding carboxylic acids is 2. The Morgan fingerprint density at radius 1 is 1.16 bits per heavy atom. The number of hydrogen-bond acceptors (Lipinski definition) is 7. The molecule has 1 aliphatic heterocycles. The second kappa shape index (κ2) is 9.18. The van der Waals surface area contributed by atoms with Crippen molar-refractivity contribution in [1.82, 2.24) is 4.90 Å². The molecule has 8 nitrogen and oxygen atoms in total. The summed E-state index contributed by atoms with van der Waals surface area (Å²) in [5, 5.41) is 7.66. The SMILES string of the molecule is CN(C)c1ccc(/C=C2\SC(=S)N(CC(=O)Nc3ccc(S(N)(=O)=O)cc3)C2=O)cc1. The lowest BCUT2D eigenvalue weighted by Gasteiger charge is -2.14. The number of nitrogens with one attached hydrogen (secondary N) is 1. The number of nitrogens with zero attached hydrogens (tertiary/aromatic N) is 2. The Balaban J connectivity index is 1.66. The topological polar surface area (TPSA) is 113 Å². The van der Waals surface area contributed by atoms with Crippen molar-refractivity contribution < 1.29 is 18.0 Å². The molecular weight excluding hydrogens is 456 g/mol. The molecule has 2 aromatic rings. The number of carbonyl (C=O) groups is 2. The average molecular weight is 477 g/mol. The Morgan fingerprint density at radius 2 is 1.77 bits per heavy atom.